The molecule has 2 N–H and O–H groups in total. The van der Waals surface area contributed by atoms with Gasteiger partial charge < -0.3 is 10.6 Å². The number of hydrogen-bond acceptors (Lipinski definition) is 6. The molecule has 19 heavy (non-hydrogen) atoms. The van der Waals surface area contributed by atoms with Crippen molar-refractivity contribution in [1.29, 1.82) is 0 Å². The van der Waals surface area contributed by atoms with Crippen LogP contribution in [0.4, 0.5) is 11.4 Å². The van der Waals surface area contributed by atoms with Crippen LogP contribution in [0.3, 0.4) is 0 Å². The molecule has 6 nitrogen and oxygen atoms in total. The summed E-state index contributed by atoms with van der Waals surface area (Å²) in [5, 5.41) is 0. The van der Waals surface area contributed by atoms with Crippen LogP contribution in [0.25, 0.3) is 0 Å². The molecule has 106 valence electrons. The van der Waals surface area contributed by atoms with Gasteiger partial charge in [-0.05, 0) is 6.07 Å². The first kappa shape index (κ1) is 14.1. The summed E-state index contributed by atoms with van der Waals surface area (Å²) in [6.45, 7) is 4.04. The second kappa shape index (κ2) is 5.75. The molecule has 7 heteroatoms. The highest BCUT2D eigenvalue weighted by atomic mass is 32.2. The van der Waals surface area contributed by atoms with Gasteiger partial charge in [-0.15, -0.1) is 0 Å². The van der Waals surface area contributed by atoms with Gasteiger partial charge in [-0.2, -0.15) is 0 Å². The molecule has 0 amide bonds. The number of sulfone groups is 1. The highest BCUT2D eigenvalue weighted by Crippen LogP contribution is 2.22. The molecule has 0 aliphatic carbocycles. The molecular weight excluding hydrogens is 264 g/mol. The Morgan fingerprint density at radius 1 is 1.32 bits per heavy atom. The SMILES string of the molecule is CS(=O)(=O)CCN1CCN(c2ccncc2N)CC1. The van der Waals surface area contributed by atoms with Crippen LogP contribution in [-0.2, 0) is 9.84 Å². The number of nitrogens with zero attached hydrogens (tertiary/aromatic N) is 3. The van der Waals surface area contributed by atoms with E-state index >= 15 is 0 Å². The van der Waals surface area contributed by atoms with Crippen LogP contribution in [0.1, 0.15) is 0 Å². The third-order valence-electron chi connectivity index (χ3n) is 3.32. The Bertz CT molecular complexity index is 524. The molecule has 0 unspecified atom stereocenters. The van der Waals surface area contributed by atoms with E-state index in [0.29, 0.717) is 12.2 Å². The topological polar surface area (TPSA) is 79.5 Å². The number of nitrogen functional groups attached to an aromatic ring is 1. The smallest absolute Gasteiger partial charge is 0.148 e. The van der Waals surface area contributed by atoms with Gasteiger partial charge in [0.15, 0.2) is 0 Å². The lowest BCUT2D eigenvalue weighted by atomic mass is 10.2. The minimum absolute atomic E-state index is 0.227. The van der Waals surface area contributed by atoms with Crippen LogP contribution in [-0.4, -0.2) is 63.0 Å². The Balaban J connectivity index is 1.88. The molecule has 0 aromatic carbocycles. The highest BCUT2D eigenvalue weighted by Gasteiger charge is 2.19. The predicted octanol–water partition coefficient (Wildman–Crippen LogP) is -0.170. The maximum absolute atomic E-state index is 11.1. The van der Waals surface area contributed by atoms with Crippen molar-refractivity contribution in [3.63, 3.8) is 0 Å². The molecule has 1 aromatic heterocycles. The minimum atomic E-state index is -2.88. The average molecular weight is 284 g/mol. The highest BCUT2D eigenvalue weighted by molar-refractivity contribution is 7.90. The lowest BCUT2D eigenvalue weighted by Crippen LogP contribution is -2.47. The zero-order valence-corrected chi connectivity index (χ0v) is 11.9. The van der Waals surface area contributed by atoms with E-state index < -0.39 is 9.84 Å². The number of hydrogen-bond donors (Lipinski definition) is 1. The lowest BCUT2D eigenvalue weighted by Gasteiger charge is -2.36. The van der Waals surface area contributed by atoms with Gasteiger partial charge in [0.25, 0.3) is 0 Å². The average Bonchev–Trinajstić information content (AvgIpc) is 2.37. The van der Waals surface area contributed by atoms with Crippen molar-refractivity contribution in [2.75, 3.05) is 55.4 Å². The van der Waals surface area contributed by atoms with E-state index in [1.807, 2.05) is 6.07 Å². The molecule has 0 bridgehead atoms. The number of pyridine rings is 1. The van der Waals surface area contributed by atoms with E-state index in [-0.39, 0.29) is 5.75 Å². The molecule has 0 radical (unpaired) electrons. The van der Waals surface area contributed by atoms with Crippen molar-refractivity contribution in [1.82, 2.24) is 9.88 Å². The fraction of sp³-hybridized carbons (Fsp3) is 0.583. The molecule has 1 fully saturated rings. The zero-order chi connectivity index (χ0) is 13.9. The summed E-state index contributed by atoms with van der Waals surface area (Å²) in [4.78, 5) is 8.37. The van der Waals surface area contributed by atoms with Crippen molar-refractivity contribution in [2.24, 2.45) is 0 Å². The van der Waals surface area contributed by atoms with Crippen LogP contribution in [0.2, 0.25) is 0 Å². The van der Waals surface area contributed by atoms with E-state index in [1.165, 1.54) is 6.26 Å². The quantitative estimate of drug-likeness (QED) is 0.827. The van der Waals surface area contributed by atoms with Crippen LogP contribution in [0.5, 0.6) is 0 Å². The summed E-state index contributed by atoms with van der Waals surface area (Å²) < 4.78 is 22.3. The normalized spacial score (nSPS) is 17.6. The molecule has 1 aliphatic rings. The van der Waals surface area contributed by atoms with Crippen LogP contribution >= 0.6 is 0 Å². The van der Waals surface area contributed by atoms with E-state index in [4.69, 9.17) is 5.73 Å². The summed E-state index contributed by atoms with van der Waals surface area (Å²) in [6, 6.07) is 1.92. The Morgan fingerprint density at radius 3 is 2.58 bits per heavy atom. The number of anilines is 2. The van der Waals surface area contributed by atoms with Gasteiger partial charge in [0, 0.05) is 45.2 Å². The first-order valence-corrected chi connectivity index (χ1v) is 8.36. The van der Waals surface area contributed by atoms with E-state index in [2.05, 4.69) is 14.8 Å². The third-order valence-corrected chi connectivity index (χ3v) is 4.24. The van der Waals surface area contributed by atoms with Crippen molar-refractivity contribution < 1.29 is 8.42 Å². The minimum Gasteiger partial charge on any atom is -0.396 e. The molecule has 1 saturated heterocycles. The van der Waals surface area contributed by atoms with E-state index in [0.717, 1.165) is 31.9 Å². The van der Waals surface area contributed by atoms with Gasteiger partial charge in [0.05, 0.1) is 23.3 Å². The van der Waals surface area contributed by atoms with Crippen molar-refractivity contribution >= 4 is 21.2 Å². The molecule has 2 heterocycles. The number of piperazine rings is 1. The second-order valence-electron chi connectivity index (χ2n) is 4.89. The Kier molecular flexibility index (Phi) is 4.26. The number of aromatic nitrogens is 1. The van der Waals surface area contributed by atoms with E-state index in [1.54, 1.807) is 12.4 Å². The van der Waals surface area contributed by atoms with Crippen LogP contribution in [0.15, 0.2) is 18.5 Å². The Labute approximate surface area is 114 Å². The fourth-order valence-electron chi connectivity index (χ4n) is 2.19. The Hall–Kier alpha value is -1.34. The zero-order valence-electron chi connectivity index (χ0n) is 11.1. The van der Waals surface area contributed by atoms with Gasteiger partial charge >= 0.3 is 0 Å². The molecule has 0 saturated carbocycles. The number of rotatable bonds is 4. The third kappa shape index (κ3) is 4.07. The molecule has 0 spiro atoms. The predicted molar refractivity (Wildman–Crippen MR) is 77.0 cm³/mol. The summed E-state index contributed by atoms with van der Waals surface area (Å²) in [6.07, 6.45) is 4.67. The van der Waals surface area contributed by atoms with Crippen molar-refractivity contribution in [2.45, 2.75) is 0 Å². The van der Waals surface area contributed by atoms with Crippen LogP contribution in [0, 0.1) is 0 Å². The maximum Gasteiger partial charge on any atom is 0.148 e. The van der Waals surface area contributed by atoms with E-state index in [9.17, 15) is 8.42 Å². The van der Waals surface area contributed by atoms with Gasteiger partial charge in [-0.1, -0.05) is 0 Å². The van der Waals surface area contributed by atoms with Crippen molar-refractivity contribution in [3.8, 4) is 0 Å². The van der Waals surface area contributed by atoms with Gasteiger partial charge in [0.2, 0.25) is 0 Å². The second-order valence-corrected chi connectivity index (χ2v) is 7.15. The van der Waals surface area contributed by atoms with Crippen molar-refractivity contribution in [3.05, 3.63) is 18.5 Å². The molecule has 1 aliphatic heterocycles. The summed E-state index contributed by atoms with van der Waals surface area (Å²) in [5.74, 6) is 0.227. The fourth-order valence-corrected chi connectivity index (χ4v) is 2.78. The van der Waals surface area contributed by atoms with Gasteiger partial charge in [-0.3, -0.25) is 9.88 Å². The monoisotopic (exact) mass is 284 g/mol. The first-order valence-electron chi connectivity index (χ1n) is 6.30. The molecule has 2 rings (SSSR count). The van der Waals surface area contributed by atoms with Gasteiger partial charge in [0.1, 0.15) is 9.84 Å². The molecule has 0 atom stereocenters. The molecular formula is C12H20N4O2S. The lowest BCUT2D eigenvalue weighted by molar-refractivity contribution is 0.272. The summed E-state index contributed by atoms with van der Waals surface area (Å²) in [5.41, 5.74) is 7.60. The first-order chi connectivity index (χ1) is 8.96. The standard InChI is InChI=1S/C12H20N4O2S/c1-19(17,18)9-8-15-4-6-16(7-5-15)12-2-3-14-10-11(12)13/h2-3,10H,4-9,13H2,1H3. The largest absolute Gasteiger partial charge is 0.396 e. The summed E-state index contributed by atoms with van der Waals surface area (Å²) in [7, 11) is -2.88. The summed E-state index contributed by atoms with van der Waals surface area (Å²) >= 11 is 0. The number of nitrogens with two attached hydrogens (primary N) is 1. The maximum atomic E-state index is 11.1. The Morgan fingerprint density at radius 2 is 2.00 bits per heavy atom. The molecule has 1 aromatic rings. The van der Waals surface area contributed by atoms with Gasteiger partial charge in [-0.25, -0.2) is 8.42 Å². The van der Waals surface area contributed by atoms with Crippen LogP contribution < -0.4 is 10.6 Å².